The maximum Gasteiger partial charge on any atom is 0.418 e. The second-order valence-electron chi connectivity index (χ2n) is 6.48. The molecule has 1 aromatic heterocycles. The van der Waals surface area contributed by atoms with Crippen LogP contribution in [0.15, 0.2) is 30.5 Å². The molecule has 1 saturated heterocycles. The molecular weight excluding hydrogens is 383 g/mol. The van der Waals surface area contributed by atoms with Crippen molar-refractivity contribution in [2.45, 2.75) is 44.4 Å². The first-order valence-corrected chi connectivity index (χ1v) is 8.44. The molecule has 2 atom stereocenters. The van der Waals surface area contributed by atoms with Crippen LogP contribution in [0.1, 0.15) is 42.2 Å². The predicted molar refractivity (Wildman–Crippen MR) is 95.9 cm³/mol. The van der Waals surface area contributed by atoms with Gasteiger partial charge >= 0.3 is 6.18 Å². The van der Waals surface area contributed by atoms with E-state index < -0.39 is 11.7 Å². The minimum Gasteiger partial charge on any atom is -0.333 e. The van der Waals surface area contributed by atoms with Gasteiger partial charge in [0, 0.05) is 18.6 Å². The van der Waals surface area contributed by atoms with Crippen molar-refractivity contribution < 1.29 is 18.0 Å². The second-order valence-corrected chi connectivity index (χ2v) is 6.48. The number of nitrogens with two attached hydrogens (primary N) is 1. The first-order chi connectivity index (χ1) is 12.3. The molecule has 0 spiro atoms. The average molecular weight is 404 g/mol. The fourth-order valence-electron chi connectivity index (χ4n) is 3.30. The quantitative estimate of drug-likeness (QED) is 0.854. The van der Waals surface area contributed by atoms with Gasteiger partial charge in [-0.2, -0.15) is 13.2 Å². The first kappa shape index (κ1) is 21.2. The van der Waals surface area contributed by atoms with E-state index in [4.69, 9.17) is 5.73 Å². The molecular formula is C17H21ClF3N5O. The third-order valence-corrected chi connectivity index (χ3v) is 4.59. The van der Waals surface area contributed by atoms with E-state index >= 15 is 0 Å². The van der Waals surface area contributed by atoms with Crippen LogP contribution < -0.4 is 5.73 Å². The Kier molecular flexibility index (Phi) is 6.48. The molecule has 1 fully saturated rings. The van der Waals surface area contributed by atoms with Gasteiger partial charge in [0.25, 0.3) is 5.91 Å². The Bertz CT molecular complexity index is 793. The highest BCUT2D eigenvalue weighted by molar-refractivity contribution is 5.92. The summed E-state index contributed by atoms with van der Waals surface area (Å²) in [5, 5.41) is 7.53. The fourth-order valence-corrected chi connectivity index (χ4v) is 3.30. The van der Waals surface area contributed by atoms with Gasteiger partial charge in [0.1, 0.15) is 0 Å². The van der Waals surface area contributed by atoms with E-state index in [0.29, 0.717) is 6.54 Å². The molecule has 0 aliphatic carbocycles. The summed E-state index contributed by atoms with van der Waals surface area (Å²) in [6.45, 7) is 2.39. The molecule has 6 nitrogen and oxygen atoms in total. The molecule has 1 aromatic carbocycles. The summed E-state index contributed by atoms with van der Waals surface area (Å²) in [5.41, 5.74) is 4.98. The van der Waals surface area contributed by atoms with E-state index in [9.17, 15) is 18.0 Å². The van der Waals surface area contributed by atoms with E-state index in [1.807, 2.05) is 6.92 Å². The highest BCUT2D eigenvalue weighted by atomic mass is 35.5. The monoisotopic (exact) mass is 403 g/mol. The zero-order chi connectivity index (χ0) is 18.9. The van der Waals surface area contributed by atoms with Crippen LogP contribution in [0.4, 0.5) is 13.2 Å². The highest BCUT2D eigenvalue weighted by Gasteiger charge is 2.35. The van der Waals surface area contributed by atoms with E-state index in [1.54, 1.807) is 4.90 Å². The van der Waals surface area contributed by atoms with Gasteiger partial charge in [-0.15, -0.1) is 17.5 Å². The smallest absolute Gasteiger partial charge is 0.333 e. The molecule has 2 aromatic rings. The number of hydrogen-bond donors (Lipinski definition) is 1. The van der Waals surface area contributed by atoms with E-state index in [0.717, 1.165) is 30.0 Å². The lowest BCUT2D eigenvalue weighted by Crippen LogP contribution is -2.51. The Hall–Kier alpha value is -2.13. The third-order valence-electron chi connectivity index (χ3n) is 4.59. The zero-order valence-corrected chi connectivity index (χ0v) is 15.5. The molecule has 27 heavy (non-hydrogen) atoms. The lowest BCUT2D eigenvalue weighted by molar-refractivity contribution is -0.137. The van der Waals surface area contributed by atoms with Gasteiger partial charge < -0.3 is 10.6 Å². The van der Waals surface area contributed by atoms with Crippen LogP contribution in [0, 0.1) is 0 Å². The third kappa shape index (κ3) is 4.41. The number of benzene rings is 1. The van der Waals surface area contributed by atoms with Gasteiger partial charge in [0.05, 0.1) is 17.4 Å². The summed E-state index contributed by atoms with van der Waals surface area (Å²) in [6, 6.07) is 4.73. The van der Waals surface area contributed by atoms with Crippen molar-refractivity contribution in [3.63, 3.8) is 0 Å². The van der Waals surface area contributed by atoms with Crippen molar-refractivity contribution in [3.05, 3.63) is 41.7 Å². The minimum absolute atomic E-state index is 0. The predicted octanol–water partition coefficient (Wildman–Crippen LogP) is 3.05. The minimum atomic E-state index is -4.53. The summed E-state index contributed by atoms with van der Waals surface area (Å²) < 4.78 is 40.5. The molecule has 2 N–H and O–H groups in total. The largest absolute Gasteiger partial charge is 0.418 e. The zero-order valence-electron chi connectivity index (χ0n) is 14.7. The number of amides is 1. The second kappa shape index (κ2) is 8.26. The van der Waals surface area contributed by atoms with Crippen molar-refractivity contribution in [2.24, 2.45) is 5.73 Å². The number of para-hydroxylation sites is 1. The maximum absolute atomic E-state index is 13.2. The van der Waals surface area contributed by atoms with Crippen LogP contribution in [-0.2, 0) is 6.18 Å². The van der Waals surface area contributed by atoms with Crippen molar-refractivity contribution >= 4 is 18.3 Å². The van der Waals surface area contributed by atoms with Gasteiger partial charge in [-0.05, 0) is 38.3 Å². The highest BCUT2D eigenvalue weighted by Crippen LogP contribution is 2.33. The molecule has 1 aliphatic heterocycles. The Morgan fingerprint density at radius 2 is 2.00 bits per heavy atom. The molecule has 0 bridgehead atoms. The van der Waals surface area contributed by atoms with Crippen LogP contribution in [0.25, 0.3) is 5.69 Å². The van der Waals surface area contributed by atoms with E-state index in [1.165, 1.54) is 24.4 Å². The van der Waals surface area contributed by atoms with Crippen LogP contribution >= 0.6 is 12.4 Å². The maximum atomic E-state index is 13.2. The Morgan fingerprint density at radius 3 is 2.67 bits per heavy atom. The molecule has 1 amide bonds. The number of carbonyl (C=O) groups excluding carboxylic acids is 1. The van der Waals surface area contributed by atoms with Gasteiger partial charge in [0.2, 0.25) is 0 Å². The van der Waals surface area contributed by atoms with Gasteiger partial charge in [-0.25, -0.2) is 4.68 Å². The van der Waals surface area contributed by atoms with Crippen molar-refractivity contribution in [1.82, 2.24) is 19.9 Å². The number of piperidine rings is 1. The van der Waals surface area contributed by atoms with Crippen molar-refractivity contribution in [1.29, 1.82) is 0 Å². The molecule has 2 unspecified atom stereocenters. The normalized spacial score (nSPS) is 18.7. The van der Waals surface area contributed by atoms with Gasteiger partial charge in [0.15, 0.2) is 5.69 Å². The number of hydrogen-bond acceptors (Lipinski definition) is 4. The lowest BCUT2D eigenvalue weighted by Gasteiger charge is -2.37. The molecule has 2 heterocycles. The van der Waals surface area contributed by atoms with Gasteiger partial charge in [-0.1, -0.05) is 17.3 Å². The summed E-state index contributed by atoms with van der Waals surface area (Å²) in [7, 11) is 0. The molecule has 1 aliphatic rings. The number of likely N-dealkylation sites (tertiary alicyclic amines) is 1. The van der Waals surface area contributed by atoms with Crippen LogP contribution in [0.5, 0.6) is 0 Å². The number of nitrogens with zero attached hydrogens (tertiary/aromatic N) is 4. The Morgan fingerprint density at radius 1 is 1.30 bits per heavy atom. The fraction of sp³-hybridized carbons (Fsp3) is 0.471. The summed E-state index contributed by atoms with van der Waals surface area (Å²) in [6.07, 6.45) is -0.643. The average Bonchev–Trinajstić information content (AvgIpc) is 3.10. The molecule has 148 valence electrons. The van der Waals surface area contributed by atoms with Crippen LogP contribution in [0.2, 0.25) is 0 Å². The Balaban J connectivity index is 0.00000261. The standard InChI is InChI=1S/C17H20F3N5O.ClH/c1-11(21)14-7-4-5-9-24(14)16(26)13-10-25(23-22-13)15-8-3-2-6-12(15)17(18,19)20;/h2-3,6,8,10-11,14H,4-5,7,9,21H2,1H3;1H. The molecule has 0 saturated carbocycles. The molecule has 0 radical (unpaired) electrons. The topological polar surface area (TPSA) is 77.0 Å². The van der Waals surface area contributed by atoms with Crippen LogP contribution in [0.3, 0.4) is 0 Å². The summed E-state index contributed by atoms with van der Waals surface area (Å²) in [4.78, 5) is 14.4. The van der Waals surface area contributed by atoms with Gasteiger partial charge in [-0.3, -0.25) is 4.79 Å². The van der Waals surface area contributed by atoms with E-state index in [2.05, 4.69) is 10.3 Å². The van der Waals surface area contributed by atoms with Crippen molar-refractivity contribution in [3.8, 4) is 5.69 Å². The number of carbonyl (C=O) groups is 1. The number of aromatic nitrogens is 3. The number of rotatable bonds is 3. The molecule has 10 heteroatoms. The number of alkyl halides is 3. The van der Waals surface area contributed by atoms with Crippen LogP contribution in [-0.4, -0.2) is 44.4 Å². The summed E-state index contributed by atoms with van der Waals surface area (Å²) in [5.74, 6) is -0.359. The first-order valence-electron chi connectivity index (χ1n) is 8.44. The Labute approximate surface area is 160 Å². The lowest BCUT2D eigenvalue weighted by atomic mass is 9.96. The van der Waals surface area contributed by atoms with Crippen molar-refractivity contribution in [2.75, 3.05) is 6.54 Å². The number of halogens is 4. The van der Waals surface area contributed by atoms with E-state index in [-0.39, 0.29) is 41.8 Å². The summed E-state index contributed by atoms with van der Waals surface area (Å²) >= 11 is 0. The molecule has 3 rings (SSSR count). The SMILES string of the molecule is CC(N)C1CCCCN1C(=O)c1cn(-c2ccccc2C(F)(F)F)nn1.Cl.